The average molecular weight is 678 g/mol. The predicted octanol–water partition coefficient (Wildman–Crippen LogP) is 10.9. The van der Waals surface area contributed by atoms with Gasteiger partial charge in [0, 0.05) is 40.0 Å². The van der Waals surface area contributed by atoms with Crippen molar-refractivity contribution in [2.24, 2.45) is 0 Å². The molecule has 5 nitrogen and oxygen atoms in total. The molecule has 0 amide bonds. The summed E-state index contributed by atoms with van der Waals surface area (Å²) in [7, 11) is 0. The summed E-state index contributed by atoms with van der Waals surface area (Å²) in [6, 6.07) is 63.1. The van der Waals surface area contributed by atoms with Crippen LogP contribution in [0.1, 0.15) is 22.3 Å². The minimum Gasteiger partial charge on any atom is -0.309 e. The van der Waals surface area contributed by atoms with Gasteiger partial charge in [-0.25, -0.2) is 15.0 Å². The van der Waals surface area contributed by atoms with Gasteiger partial charge in [0.2, 0.25) is 0 Å². The highest BCUT2D eigenvalue weighted by molar-refractivity contribution is 6.09. The molecule has 53 heavy (non-hydrogen) atoms. The van der Waals surface area contributed by atoms with Crippen LogP contribution in [0.4, 0.5) is 0 Å². The van der Waals surface area contributed by atoms with Crippen molar-refractivity contribution in [1.82, 2.24) is 24.1 Å². The summed E-state index contributed by atoms with van der Waals surface area (Å²) < 4.78 is 4.79. The van der Waals surface area contributed by atoms with Crippen molar-refractivity contribution in [1.29, 1.82) is 0 Å². The Bertz CT molecular complexity index is 2900. The van der Waals surface area contributed by atoms with E-state index in [9.17, 15) is 0 Å². The van der Waals surface area contributed by atoms with Gasteiger partial charge in [0.05, 0.1) is 33.2 Å². The van der Waals surface area contributed by atoms with E-state index >= 15 is 0 Å². The Morgan fingerprint density at radius 1 is 0.453 bits per heavy atom. The van der Waals surface area contributed by atoms with Crippen molar-refractivity contribution in [3.8, 4) is 34.2 Å². The van der Waals surface area contributed by atoms with E-state index in [0.717, 1.165) is 39.4 Å². The maximum Gasteiger partial charge on any atom is 0.159 e. The molecule has 0 saturated heterocycles. The molecular weight excluding hydrogens is 647 g/mol. The molecule has 0 aliphatic carbocycles. The summed E-state index contributed by atoms with van der Waals surface area (Å²) in [5.41, 5.74) is 12.6. The highest BCUT2D eigenvalue weighted by atomic mass is 15.1. The van der Waals surface area contributed by atoms with Crippen LogP contribution in [-0.2, 0) is 5.41 Å². The van der Waals surface area contributed by atoms with Crippen molar-refractivity contribution in [2.45, 2.75) is 5.41 Å². The summed E-state index contributed by atoms with van der Waals surface area (Å²) in [5, 5.41) is 2.48. The normalized spacial score (nSPS) is 13.1. The molecule has 1 aliphatic rings. The van der Waals surface area contributed by atoms with Crippen molar-refractivity contribution >= 4 is 32.8 Å². The third-order valence-electron chi connectivity index (χ3n) is 10.9. The average Bonchev–Trinajstić information content (AvgIpc) is 3.79. The second kappa shape index (κ2) is 11.5. The molecule has 1 aliphatic heterocycles. The Kier molecular flexibility index (Phi) is 6.40. The lowest BCUT2D eigenvalue weighted by Crippen LogP contribution is -2.35. The number of imidazole rings is 1. The van der Waals surface area contributed by atoms with E-state index < -0.39 is 5.41 Å². The zero-order valence-electron chi connectivity index (χ0n) is 28.6. The number of hydrogen-bond acceptors (Lipinski definition) is 3. The van der Waals surface area contributed by atoms with Gasteiger partial charge in [0.25, 0.3) is 0 Å². The smallest absolute Gasteiger partial charge is 0.159 e. The molecular formula is C48H31N5. The van der Waals surface area contributed by atoms with Crippen LogP contribution in [0.5, 0.6) is 0 Å². The van der Waals surface area contributed by atoms with E-state index in [-0.39, 0.29) is 0 Å². The monoisotopic (exact) mass is 677 g/mol. The standard InChI is InChI=1S/C48H31N5/c1-3-15-32(16-4-1)48(33-17-5-2-6-18-33)39-23-13-24-41-45(39)53(47(51-41)38-22-8-7-21-37(38)46-49-29-14-30-50-46)44-28-27-34(31-40(44)48)52-42-25-11-9-19-35(42)36-20-10-12-26-43(36)52/h1-31H. The maximum atomic E-state index is 5.45. The number of fused-ring (bicyclic) bond motifs is 5. The molecule has 0 saturated carbocycles. The van der Waals surface area contributed by atoms with E-state index in [1.165, 1.54) is 44.1 Å². The minimum atomic E-state index is -0.651. The fraction of sp³-hybridized carbons (Fsp3) is 0.0208. The van der Waals surface area contributed by atoms with Gasteiger partial charge in [-0.1, -0.05) is 133 Å². The molecule has 3 aromatic heterocycles. The number of para-hydroxylation sites is 3. The molecule has 4 heterocycles. The van der Waals surface area contributed by atoms with Crippen LogP contribution in [0.15, 0.2) is 188 Å². The largest absolute Gasteiger partial charge is 0.309 e. The van der Waals surface area contributed by atoms with E-state index in [1.807, 2.05) is 12.1 Å². The first-order valence-corrected chi connectivity index (χ1v) is 18.0. The molecule has 0 spiro atoms. The van der Waals surface area contributed by atoms with Gasteiger partial charge in [-0.3, -0.25) is 4.57 Å². The molecule has 0 N–H and O–H groups in total. The van der Waals surface area contributed by atoms with Gasteiger partial charge in [-0.05, 0) is 64.7 Å². The summed E-state index contributed by atoms with van der Waals surface area (Å²) >= 11 is 0. The molecule has 248 valence electrons. The molecule has 0 radical (unpaired) electrons. The zero-order valence-corrected chi connectivity index (χ0v) is 28.6. The Hall–Kier alpha value is -7.11. The van der Waals surface area contributed by atoms with Crippen molar-refractivity contribution < 1.29 is 0 Å². The van der Waals surface area contributed by atoms with Gasteiger partial charge in [-0.15, -0.1) is 0 Å². The van der Waals surface area contributed by atoms with E-state index in [4.69, 9.17) is 4.98 Å². The fourth-order valence-corrected chi connectivity index (χ4v) is 8.82. The second-order valence-corrected chi connectivity index (χ2v) is 13.6. The van der Waals surface area contributed by atoms with Crippen molar-refractivity contribution in [3.05, 3.63) is 211 Å². The Morgan fingerprint density at radius 2 is 1.06 bits per heavy atom. The molecule has 0 unspecified atom stereocenters. The number of hydrogen-bond donors (Lipinski definition) is 0. The summed E-state index contributed by atoms with van der Waals surface area (Å²) in [6.07, 6.45) is 3.59. The molecule has 0 atom stereocenters. The van der Waals surface area contributed by atoms with Crippen LogP contribution < -0.4 is 0 Å². The Balaban J connectivity index is 1.31. The summed E-state index contributed by atoms with van der Waals surface area (Å²) in [5.74, 6) is 1.53. The van der Waals surface area contributed by atoms with Gasteiger partial charge >= 0.3 is 0 Å². The quantitative estimate of drug-likeness (QED) is 0.182. The zero-order chi connectivity index (χ0) is 34.9. The predicted molar refractivity (Wildman–Crippen MR) is 214 cm³/mol. The number of benzene rings is 7. The van der Waals surface area contributed by atoms with Crippen LogP contribution in [0, 0.1) is 0 Å². The lowest BCUT2D eigenvalue weighted by Gasteiger charge is -2.42. The third kappa shape index (κ3) is 4.16. The first-order valence-electron chi connectivity index (χ1n) is 18.0. The lowest BCUT2D eigenvalue weighted by atomic mass is 9.63. The van der Waals surface area contributed by atoms with Crippen molar-refractivity contribution in [2.75, 3.05) is 0 Å². The Morgan fingerprint density at radius 3 is 1.74 bits per heavy atom. The first kappa shape index (κ1) is 29.6. The van der Waals surface area contributed by atoms with Gasteiger partial charge in [0.1, 0.15) is 5.82 Å². The molecule has 0 bridgehead atoms. The van der Waals surface area contributed by atoms with Crippen LogP contribution in [0.25, 0.3) is 67.0 Å². The Labute approximate surface area is 306 Å². The number of nitrogens with zero attached hydrogens (tertiary/aromatic N) is 5. The van der Waals surface area contributed by atoms with Gasteiger partial charge in [0.15, 0.2) is 5.82 Å². The molecule has 7 aromatic carbocycles. The summed E-state index contributed by atoms with van der Waals surface area (Å²) in [6.45, 7) is 0. The molecule has 10 aromatic rings. The third-order valence-corrected chi connectivity index (χ3v) is 10.9. The molecule has 0 fully saturated rings. The van der Waals surface area contributed by atoms with Gasteiger partial charge < -0.3 is 4.57 Å². The second-order valence-electron chi connectivity index (χ2n) is 13.6. The maximum absolute atomic E-state index is 5.45. The van der Waals surface area contributed by atoms with E-state index in [1.54, 1.807) is 12.4 Å². The summed E-state index contributed by atoms with van der Waals surface area (Å²) in [4.78, 5) is 14.8. The number of aromatic nitrogens is 5. The molecule has 5 heteroatoms. The number of rotatable bonds is 5. The minimum absolute atomic E-state index is 0.651. The van der Waals surface area contributed by atoms with E-state index in [0.29, 0.717) is 5.82 Å². The topological polar surface area (TPSA) is 48.5 Å². The van der Waals surface area contributed by atoms with Crippen LogP contribution in [0.2, 0.25) is 0 Å². The van der Waals surface area contributed by atoms with Crippen molar-refractivity contribution in [3.63, 3.8) is 0 Å². The fourth-order valence-electron chi connectivity index (χ4n) is 8.82. The lowest BCUT2D eigenvalue weighted by molar-refractivity contribution is 0.724. The van der Waals surface area contributed by atoms with Crippen LogP contribution >= 0.6 is 0 Å². The van der Waals surface area contributed by atoms with E-state index in [2.05, 4.69) is 183 Å². The van der Waals surface area contributed by atoms with Crippen LogP contribution in [-0.4, -0.2) is 24.1 Å². The first-order chi connectivity index (χ1) is 26.3. The van der Waals surface area contributed by atoms with Crippen LogP contribution in [0.3, 0.4) is 0 Å². The molecule has 11 rings (SSSR count). The van der Waals surface area contributed by atoms with Gasteiger partial charge in [-0.2, -0.15) is 0 Å². The highest BCUT2D eigenvalue weighted by Crippen LogP contribution is 2.54. The highest BCUT2D eigenvalue weighted by Gasteiger charge is 2.46. The SMILES string of the molecule is c1ccc(C2(c3ccccc3)c3cc(-n4c5ccccc5c5ccccc54)ccc3-n3c(-c4ccccc4-c4ncccn4)nc4cccc2c43)cc1.